The molecular weight excluding hydrogens is 338 g/mol. The minimum Gasteiger partial charge on any atom is -0.481 e. The zero-order valence-corrected chi connectivity index (χ0v) is 15.7. The van der Waals surface area contributed by atoms with Crippen LogP contribution in [0.4, 0.5) is 0 Å². The first-order chi connectivity index (χ1) is 13.1. The number of hydrogen-bond donors (Lipinski definition) is 1. The molecule has 0 saturated carbocycles. The lowest BCUT2D eigenvalue weighted by atomic mass is 9.66. The number of aliphatic carboxylic acids is 1. The maximum atomic E-state index is 12.5. The largest absolute Gasteiger partial charge is 0.481 e. The Kier molecular flexibility index (Phi) is 3.50. The monoisotopic (exact) mass is 361 g/mol. The second kappa shape index (κ2) is 5.70. The molecule has 138 valence electrons. The summed E-state index contributed by atoms with van der Waals surface area (Å²) in [7, 11) is 3.82. The van der Waals surface area contributed by atoms with E-state index in [2.05, 4.69) is 42.8 Å². The highest BCUT2D eigenvalue weighted by Gasteiger charge is 2.54. The summed E-state index contributed by atoms with van der Waals surface area (Å²) in [5, 5.41) is 11.3. The van der Waals surface area contributed by atoms with Crippen LogP contribution in [0, 0.1) is 5.92 Å². The van der Waals surface area contributed by atoms with Gasteiger partial charge in [0.1, 0.15) is 0 Å². The maximum Gasteiger partial charge on any atom is 0.311 e. The van der Waals surface area contributed by atoms with E-state index in [1.54, 1.807) is 7.11 Å². The van der Waals surface area contributed by atoms with E-state index in [9.17, 15) is 9.90 Å². The third kappa shape index (κ3) is 1.99. The standard InChI is InChI=1S/C23H23NO3/c1-12-17-18(13-8-4-5-9-14(13)22(12)27-3)20(23(25)26)19-15-10-6-7-11-16(15)24(2)21(17)19/h4-12,17-18,20,22H,1-3H3,(H,25,26)/t12-,17+,18-,20?,22+/m1/s1. The number of carboxylic acid groups (broad SMARTS) is 1. The molecule has 1 aromatic heterocycles. The number of carboxylic acids is 1. The fourth-order valence-electron chi connectivity index (χ4n) is 5.84. The zero-order valence-electron chi connectivity index (χ0n) is 15.7. The quantitative estimate of drug-likeness (QED) is 0.728. The molecule has 0 aliphatic heterocycles. The fourth-order valence-corrected chi connectivity index (χ4v) is 5.84. The smallest absolute Gasteiger partial charge is 0.311 e. The molecule has 5 atom stereocenters. The Morgan fingerprint density at radius 3 is 2.41 bits per heavy atom. The van der Waals surface area contributed by atoms with E-state index in [1.807, 2.05) is 24.3 Å². The number of aryl methyl sites for hydroxylation is 1. The molecular formula is C23H23NO3. The van der Waals surface area contributed by atoms with Crippen LogP contribution in [-0.2, 0) is 16.6 Å². The molecule has 0 spiro atoms. The third-order valence-electron chi connectivity index (χ3n) is 6.79. The van der Waals surface area contributed by atoms with Crippen molar-refractivity contribution in [2.75, 3.05) is 7.11 Å². The average Bonchev–Trinajstić information content (AvgIpc) is 3.17. The first-order valence-corrected chi connectivity index (χ1v) is 9.47. The topological polar surface area (TPSA) is 51.5 Å². The summed E-state index contributed by atoms with van der Waals surface area (Å²) in [5.74, 6) is -1.00. The van der Waals surface area contributed by atoms with Gasteiger partial charge in [0.2, 0.25) is 0 Å². The van der Waals surface area contributed by atoms with Crippen LogP contribution >= 0.6 is 0 Å². The van der Waals surface area contributed by atoms with Gasteiger partial charge in [-0.2, -0.15) is 0 Å². The number of methoxy groups -OCH3 is 1. The van der Waals surface area contributed by atoms with E-state index in [0.29, 0.717) is 0 Å². The predicted molar refractivity (Wildman–Crippen MR) is 104 cm³/mol. The van der Waals surface area contributed by atoms with Crippen LogP contribution in [0.2, 0.25) is 0 Å². The molecule has 3 aromatic rings. The van der Waals surface area contributed by atoms with Crippen LogP contribution in [0.3, 0.4) is 0 Å². The van der Waals surface area contributed by atoms with Crippen LogP contribution < -0.4 is 0 Å². The number of ether oxygens (including phenoxy) is 1. The minimum atomic E-state index is -0.738. The normalized spacial score (nSPS) is 28.6. The van der Waals surface area contributed by atoms with Crippen molar-refractivity contribution in [1.29, 1.82) is 0 Å². The molecule has 27 heavy (non-hydrogen) atoms. The summed E-state index contributed by atoms with van der Waals surface area (Å²) in [4.78, 5) is 12.5. The second-order valence-corrected chi connectivity index (χ2v) is 7.89. The number of benzene rings is 2. The molecule has 0 radical (unpaired) electrons. The number of rotatable bonds is 2. The van der Waals surface area contributed by atoms with Gasteiger partial charge < -0.3 is 14.4 Å². The minimum absolute atomic E-state index is 0.0270. The Hall–Kier alpha value is -2.59. The summed E-state index contributed by atoms with van der Waals surface area (Å²) in [6.45, 7) is 2.20. The number of nitrogens with zero attached hydrogens (tertiary/aromatic N) is 1. The number of para-hydroxylation sites is 1. The van der Waals surface area contributed by atoms with Crippen LogP contribution in [-0.4, -0.2) is 22.8 Å². The molecule has 5 rings (SSSR count). The van der Waals surface area contributed by atoms with Crippen molar-refractivity contribution in [1.82, 2.24) is 4.57 Å². The fraction of sp³-hybridized carbons (Fsp3) is 0.348. The zero-order chi connectivity index (χ0) is 18.9. The first-order valence-electron chi connectivity index (χ1n) is 9.47. The molecule has 0 bridgehead atoms. The van der Waals surface area contributed by atoms with Crippen molar-refractivity contribution in [3.05, 3.63) is 70.9 Å². The highest BCUT2D eigenvalue weighted by molar-refractivity contribution is 5.94. The van der Waals surface area contributed by atoms with E-state index < -0.39 is 11.9 Å². The lowest BCUT2D eigenvalue weighted by Crippen LogP contribution is -2.32. The Morgan fingerprint density at radius 1 is 1.04 bits per heavy atom. The van der Waals surface area contributed by atoms with Crippen molar-refractivity contribution in [2.24, 2.45) is 13.0 Å². The predicted octanol–water partition coefficient (Wildman–Crippen LogP) is 4.56. The summed E-state index contributed by atoms with van der Waals surface area (Å²) >= 11 is 0. The Labute approximate surface area is 158 Å². The molecule has 1 heterocycles. The SMILES string of the molecule is CO[C@@H]1c2ccccc2[C@H]2C(C(=O)O)c3c(n(C)c4ccccc34)[C@H]2[C@H]1C. The van der Waals surface area contributed by atoms with Gasteiger partial charge in [-0.1, -0.05) is 49.4 Å². The molecule has 0 fully saturated rings. The van der Waals surface area contributed by atoms with E-state index in [4.69, 9.17) is 4.74 Å². The number of carbonyl (C=O) groups is 1. The van der Waals surface area contributed by atoms with Gasteiger partial charge in [0.15, 0.2) is 0 Å². The summed E-state index contributed by atoms with van der Waals surface area (Å²) in [6, 6.07) is 16.4. The molecule has 2 aliphatic carbocycles. The highest BCUT2D eigenvalue weighted by Crippen LogP contribution is 2.63. The number of aromatic nitrogens is 1. The van der Waals surface area contributed by atoms with Gasteiger partial charge >= 0.3 is 5.97 Å². The van der Waals surface area contributed by atoms with Gasteiger partial charge in [0.05, 0.1) is 12.0 Å². The Morgan fingerprint density at radius 2 is 1.70 bits per heavy atom. The van der Waals surface area contributed by atoms with Crippen molar-refractivity contribution < 1.29 is 14.6 Å². The van der Waals surface area contributed by atoms with Crippen molar-refractivity contribution in [2.45, 2.75) is 30.8 Å². The molecule has 4 heteroatoms. The van der Waals surface area contributed by atoms with Crippen LogP contribution in [0.5, 0.6) is 0 Å². The molecule has 4 nitrogen and oxygen atoms in total. The molecule has 0 saturated heterocycles. The van der Waals surface area contributed by atoms with Crippen LogP contribution in [0.25, 0.3) is 10.9 Å². The average molecular weight is 361 g/mol. The number of hydrogen-bond acceptors (Lipinski definition) is 2. The van der Waals surface area contributed by atoms with Crippen LogP contribution in [0.1, 0.15) is 53.2 Å². The van der Waals surface area contributed by atoms with Gasteiger partial charge in [0, 0.05) is 42.6 Å². The second-order valence-electron chi connectivity index (χ2n) is 7.89. The van der Waals surface area contributed by atoms with E-state index in [-0.39, 0.29) is 23.9 Å². The van der Waals surface area contributed by atoms with Crippen LogP contribution in [0.15, 0.2) is 48.5 Å². The summed E-state index contributed by atoms with van der Waals surface area (Å²) in [5.41, 5.74) is 5.52. The van der Waals surface area contributed by atoms with Crippen molar-refractivity contribution >= 4 is 16.9 Å². The third-order valence-corrected chi connectivity index (χ3v) is 6.79. The van der Waals surface area contributed by atoms with E-state index in [1.165, 1.54) is 0 Å². The summed E-state index contributed by atoms with van der Waals surface area (Å²) in [6.07, 6.45) is -0.0270. The van der Waals surface area contributed by atoms with Gasteiger partial charge in [-0.3, -0.25) is 4.79 Å². The molecule has 1 N–H and O–H groups in total. The Balaban J connectivity index is 1.86. The molecule has 2 aliphatic rings. The van der Waals surface area contributed by atoms with Crippen molar-refractivity contribution in [3.63, 3.8) is 0 Å². The van der Waals surface area contributed by atoms with E-state index in [0.717, 1.165) is 33.3 Å². The maximum absolute atomic E-state index is 12.5. The molecule has 1 unspecified atom stereocenters. The lowest BCUT2D eigenvalue weighted by Gasteiger charge is -2.41. The van der Waals surface area contributed by atoms with Gasteiger partial charge in [-0.15, -0.1) is 0 Å². The molecule has 0 amide bonds. The van der Waals surface area contributed by atoms with Gasteiger partial charge in [0.25, 0.3) is 0 Å². The van der Waals surface area contributed by atoms with E-state index >= 15 is 0 Å². The van der Waals surface area contributed by atoms with Crippen molar-refractivity contribution in [3.8, 4) is 0 Å². The van der Waals surface area contributed by atoms with Gasteiger partial charge in [-0.05, 0) is 28.7 Å². The Bertz CT molecular complexity index is 1070. The molecule has 2 aromatic carbocycles. The number of fused-ring (bicyclic) bond motifs is 7. The lowest BCUT2D eigenvalue weighted by molar-refractivity contribution is -0.139. The van der Waals surface area contributed by atoms with Gasteiger partial charge in [-0.25, -0.2) is 0 Å². The first kappa shape index (κ1) is 16.6. The summed E-state index contributed by atoms with van der Waals surface area (Å²) < 4.78 is 8.12. The highest BCUT2D eigenvalue weighted by atomic mass is 16.5.